The standard InChI is InChI=1S/C44H31B3/c1-28-18-20-33-35-24-43-37(26-41(35)45(39(33)22-28)30-12-6-3-7-13-30)38-27-42-36(25-44(38)47(43)32-16-10-5-11-17-32)34-21-19-29(2)23-40(34)46(42)31-14-8-4-9-15-31/h3-27H,1-2H3. The highest BCUT2D eigenvalue weighted by Crippen LogP contribution is 2.33. The summed E-state index contributed by atoms with van der Waals surface area (Å²) in [6.07, 6.45) is 0. The monoisotopic (exact) mass is 592 g/mol. The van der Waals surface area contributed by atoms with Crippen molar-refractivity contribution in [1.82, 2.24) is 0 Å². The summed E-state index contributed by atoms with van der Waals surface area (Å²) in [6.45, 7) is 5.08. The van der Waals surface area contributed by atoms with Gasteiger partial charge in [-0.15, -0.1) is 0 Å². The second-order valence-corrected chi connectivity index (χ2v) is 13.8. The van der Waals surface area contributed by atoms with E-state index in [1.54, 1.807) is 0 Å². The zero-order chi connectivity index (χ0) is 31.2. The fourth-order valence-corrected chi connectivity index (χ4v) is 9.00. The minimum atomic E-state index is 0.186. The van der Waals surface area contributed by atoms with Gasteiger partial charge in [0.15, 0.2) is 0 Å². The smallest absolute Gasteiger partial charge is 0.0686 e. The third-order valence-electron chi connectivity index (χ3n) is 11.0. The van der Waals surface area contributed by atoms with Gasteiger partial charge < -0.3 is 0 Å². The van der Waals surface area contributed by atoms with Crippen molar-refractivity contribution < 1.29 is 0 Å². The molecule has 0 atom stereocenters. The Morgan fingerprint density at radius 3 is 0.872 bits per heavy atom. The van der Waals surface area contributed by atoms with E-state index in [-0.39, 0.29) is 20.1 Å². The molecule has 0 unspecified atom stereocenters. The lowest BCUT2D eigenvalue weighted by atomic mass is 9.37. The molecule has 7 aromatic carbocycles. The van der Waals surface area contributed by atoms with E-state index in [9.17, 15) is 0 Å². The molecule has 0 N–H and O–H groups in total. The molecule has 3 heteroatoms. The Balaban J connectivity index is 1.25. The highest BCUT2D eigenvalue weighted by molar-refractivity contribution is 7.02. The van der Waals surface area contributed by atoms with Crippen LogP contribution in [0.25, 0.3) is 33.4 Å². The second-order valence-electron chi connectivity index (χ2n) is 13.8. The summed E-state index contributed by atoms with van der Waals surface area (Å²) in [4.78, 5) is 0. The number of hydrogen-bond acceptors (Lipinski definition) is 0. The Kier molecular flexibility index (Phi) is 5.79. The summed E-state index contributed by atoms with van der Waals surface area (Å²) in [5.41, 5.74) is 23.6. The maximum Gasteiger partial charge on any atom is 0.242 e. The third-order valence-corrected chi connectivity index (χ3v) is 11.0. The van der Waals surface area contributed by atoms with Gasteiger partial charge >= 0.3 is 0 Å². The van der Waals surface area contributed by atoms with Crippen molar-refractivity contribution in [2.75, 3.05) is 0 Å². The molecule has 3 aliphatic heterocycles. The predicted octanol–water partition coefficient (Wildman–Crippen LogP) is 3.79. The maximum absolute atomic E-state index is 2.57. The minimum absolute atomic E-state index is 0.186. The molecular weight excluding hydrogens is 561 g/mol. The first kappa shape index (κ1) is 26.9. The van der Waals surface area contributed by atoms with Gasteiger partial charge in [0.2, 0.25) is 20.1 Å². The molecule has 0 spiro atoms. The van der Waals surface area contributed by atoms with Gasteiger partial charge in [0.05, 0.1) is 0 Å². The van der Waals surface area contributed by atoms with Crippen molar-refractivity contribution in [2.24, 2.45) is 0 Å². The molecule has 10 rings (SSSR count). The van der Waals surface area contributed by atoms with Crippen molar-refractivity contribution in [3.63, 3.8) is 0 Å². The van der Waals surface area contributed by atoms with E-state index >= 15 is 0 Å². The van der Waals surface area contributed by atoms with Gasteiger partial charge in [0, 0.05) is 0 Å². The zero-order valence-corrected chi connectivity index (χ0v) is 26.7. The minimum Gasteiger partial charge on any atom is -0.0686 e. The van der Waals surface area contributed by atoms with E-state index in [0.717, 1.165) is 0 Å². The van der Waals surface area contributed by atoms with Crippen molar-refractivity contribution >= 4 is 69.3 Å². The molecule has 0 fully saturated rings. The topological polar surface area (TPSA) is 0 Å². The third kappa shape index (κ3) is 3.93. The molecule has 0 amide bonds. The average Bonchev–Trinajstić information content (AvgIpc) is 3.71. The number of fused-ring (bicyclic) bond motifs is 9. The lowest BCUT2D eigenvalue weighted by Gasteiger charge is -2.14. The van der Waals surface area contributed by atoms with Gasteiger partial charge in [-0.3, -0.25) is 0 Å². The average molecular weight is 592 g/mol. The van der Waals surface area contributed by atoms with Crippen LogP contribution in [0.5, 0.6) is 0 Å². The quantitative estimate of drug-likeness (QED) is 0.274. The van der Waals surface area contributed by atoms with Crippen LogP contribution in [-0.2, 0) is 0 Å². The molecule has 7 aromatic rings. The molecular formula is C44H31B3. The van der Waals surface area contributed by atoms with E-state index in [4.69, 9.17) is 0 Å². The maximum atomic E-state index is 2.57. The van der Waals surface area contributed by atoms with Gasteiger partial charge in [0.25, 0.3) is 0 Å². The first-order valence-corrected chi connectivity index (χ1v) is 16.9. The van der Waals surface area contributed by atoms with Crippen molar-refractivity contribution in [3.05, 3.63) is 163 Å². The summed E-state index contributed by atoms with van der Waals surface area (Å²) in [7, 11) is 0. The molecule has 47 heavy (non-hydrogen) atoms. The van der Waals surface area contributed by atoms with Gasteiger partial charge in [-0.05, 0) is 47.2 Å². The Morgan fingerprint density at radius 2 is 0.553 bits per heavy atom. The summed E-state index contributed by atoms with van der Waals surface area (Å²) in [5, 5.41) is 0. The Morgan fingerprint density at radius 1 is 0.277 bits per heavy atom. The van der Waals surface area contributed by atoms with Crippen LogP contribution in [0.15, 0.2) is 152 Å². The molecule has 3 aliphatic rings. The van der Waals surface area contributed by atoms with Gasteiger partial charge in [-0.25, -0.2) is 0 Å². The predicted molar refractivity (Wildman–Crippen MR) is 206 cm³/mol. The molecule has 3 heterocycles. The van der Waals surface area contributed by atoms with Crippen LogP contribution in [-0.4, -0.2) is 20.1 Å². The van der Waals surface area contributed by atoms with E-state index in [2.05, 4.69) is 166 Å². The lowest BCUT2D eigenvalue weighted by Crippen LogP contribution is -2.51. The van der Waals surface area contributed by atoms with Gasteiger partial charge in [-0.1, -0.05) is 212 Å². The molecule has 0 aromatic heterocycles. The van der Waals surface area contributed by atoms with Gasteiger partial charge in [0.1, 0.15) is 0 Å². The largest absolute Gasteiger partial charge is 0.242 e. The lowest BCUT2D eigenvalue weighted by molar-refractivity contribution is 1.49. The fourth-order valence-electron chi connectivity index (χ4n) is 9.00. The Hall–Kier alpha value is -5.27. The van der Waals surface area contributed by atoms with E-state index < -0.39 is 0 Å². The molecule has 216 valence electrons. The van der Waals surface area contributed by atoms with Crippen molar-refractivity contribution in [1.29, 1.82) is 0 Å². The first-order chi connectivity index (χ1) is 23.1. The summed E-state index contributed by atoms with van der Waals surface area (Å²) in [6, 6.07) is 57.7. The normalized spacial score (nSPS) is 13.2. The number of hydrogen-bond donors (Lipinski definition) is 0. The van der Waals surface area contributed by atoms with Crippen LogP contribution < -0.4 is 49.2 Å². The van der Waals surface area contributed by atoms with E-state index in [0.29, 0.717) is 0 Å². The molecule has 0 bridgehead atoms. The van der Waals surface area contributed by atoms with E-state index in [1.165, 1.54) is 93.7 Å². The zero-order valence-electron chi connectivity index (χ0n) is 26.7. The number of rotatable bonds is 3. The van der Waals surface area contributed by atoms with Crippen molar-refractivity contribution in [3.8, 4) is 33.4 Å². The summed E-state index contributed by atoms with van der Waals surface area (Å²) in [5.74, 6) is 0. The molecule has 0 nitrogen and oxygen atoms in total. The van der Waals surface area contributed by atoms with Crippen LogP contribution in [0, 0.1) is 13.8 Å². The van der Waals surface area contributed by atoms with Crippen LogP contribution in [0.4, 0.5) is 0 Å². The summed E-state index contributed by atoms with van der Waals surface area (Å²) < 4.78 is 0. The van der Waals surface area contributed by atoms with Crippen LogP contribution in [0.1, 0.15) is 11.1 Å². The number of aryl methyl sites for hydroxylation is 2. The Bertz CT molecular complexity index is 2230. The Labute approximate surface area is 278 Å². The van der Waals surface area contributed by atoms with Crippen molar-refractivity contribution in [2.45, 2.75) is 13.8 Å². The first-order valence-electron chi connectivity index (χ1n) is 16.9. The SMILES string of the molecule is Cc1ccc2c(c1)B(c1ccccc1)c1cc3c(cc1-2)B(c1ccccc1)c1cc2c(cc1-3)B(c1ccccc1)c1cc(C)ccc1-2. The fraction of sp³-hybridized carbons (Fsp3) is 0.0455. The molecule has 0 saturated heterocycles. The van der Waals surface area contributed by atoms with Crippen LogP contribution in [0.2, 0.25) is 0 Å². The second kappa shape index (κ2) is 10.1. The molecule has 0 saturated carbocycles. The highest BCUT2D eigenvalue weighted by atomic mass is 14.3. The van der Waals surface area contributed by atoms with Gasteiger partial charge in [-0.2, -0.15) is 0 Å². The number of benzene rings is 7. The molecule has 0 radical (unpaired) electrons. The summed E-state index contributed by atoms with van der Waals surface area (Å²) >= 11 is 0. The van der Waals surface area contributed by atoms with E-state index in [1.807, 2.05) is 0 Å². The highest BCUT2D eigenvalue weighted by Gasteiger charge is 2.42. The van der Waals surface area contributed by atoms with Crippen LogP contribution >= 0.6 is 0 Å². The van der Waals surface area contributed by atoms with Crippen LogP contribution in [0.3, 0.4) is 0 Å². The molecule has 0 aliphatic carbocycles.